The van der Waals surface area contributed by atoms with Gasteiger partial charge in [-0.2, -0.15) is 13.2 Å². The third kappa shape index (κ3) is 7.57. The van der Waals surface area contributed by atoms with Gasteiger partial charge in [0.15, 0.2) is 0 Å². The molecule has 0 aliphatic carbocycles. The van der Waals surface area contributed by atoms with Crippen molar-refractivity contribution in [1.82, 2.24) is 5.32 Å². The summed E-state index contributed by atoms with van der Waals surface area (Å²) in [6, 6.07) is 7.59. The molecule has 0 aromatic heterocycles. The van der Waals surface area contributed by atoms with Crippen LogP contribution in [-0.2, 0) is 6.42 Å². The van der Waals surface area contributed by atoms with Gasteiger partial charge < -0.3 is 5.32 Å². The highest BCUT2D eigenvalue weighted by Crippen LogP contribution is 2.23. The highest BCUT2D eigenvalue weighted by Gasteiger charge is 2.28. The summed E-state index contributed by atoms with van der Waals surface area (Å²) in [5.41, 5.74) is 1.05. The van der Waals surface area contributed by atoms with E-state index in [0.29, 0.717) is 6.42 Å². The lowest BCUT2D eigenvalue weighted by Gasteiger charge is -2.19. The van der Waals surface area contributed by atoms with E-state index < -0.39 is 12.6 Å². The molecule has 0 heterocycles. The van der Waals surface area contributed by atoms with Gasteiger partial charge in [0.05, 0.1) is 0 Å². The number of nitrogens with one attached hydrogen (secondary N) is 1. The first kappa shape index (κ1) is 16.5. The zero-order valence-corrected chi connectivity index (χ0v) is 12.5. The molecule has 0 bridgehead atoms. The molecule has 0 fully saturated rings. The van der Waals surface area contributed by atoms with E-state index in [1.807, 2.05) is 31.2 Å². The molecule has 108 valence electrons. The molecule has 1 unspecified atom stereocenters. The first-order valence-corrected chi connectivity index (χ1v) is 7.24. The summed E-state index contributed by atoms with van der Waals surface area (Å²) in [7, 11) is 0. The average molecular weight is 338 g/mol. The number of halogens is 4. The summed E-state index contributed by atoms with van der Waals surface area (Å²) in [5, 5.41) is 3.19. The SMILES string of the molecule is CCCNC(CCC(F)(F)F)Cc1ccc(Br)cc1. The van der Waals surface area contributed by atoms with Gasteiger partial charge in [-0.1, -0.05) is 35.0 Å². The Hall–Kier alpha value is -0.550. The molecule has 0 aliphatic heterocycles. The van der Waals surface area contributed by atoms with Gasteiger partial charge in [-0.3, -0.25) is 0 Å². The molecule has 0 saturated heterocycles. The van der Waals surface area contributed by atoms with E-state index in [9.17, 15) is 13.2 Å². The van der Waals surface area contributed by atoms with Crippen LogP contribution in [0.15, 0.2) is 28.7 Å². The quantitative estimate of drug-likeness (QED) is 0.760. The topological polar surface area (TPSA) is 12.0 Å². The Morgan fingerprint density at radius 2 is 1.84 bits per heavy atom. The van der Waals surface area contributed by atoms with Crippen LogP contribution in [0.25, 0.3) is 0 Å². The molecule has 0 spiro atoms. The van der Waals surface area contributed by atoms with Crippen molar-refractivity contribution in [3.63, 3.8) is 0 Å². The highest BCUT2D eigenvalue weighted by atomic mass is 79.9. The van der Waals surface area contributed by atoms with Crippen molar-refractivity contribution in [2.24, 2.45) is 0 Å². The van der Waals surface area contributed by atoms with E-state index in [-0.39, 0.29) is 12.5 Å². The number of hydrogen-bond donors (Lipinski definition) is 1. The van der Waals surface area contributed by atoms with Crippen molar-refractivity contribution < 1.29 is 13.2 Å². The molecule has 1 atom stereocenters. The van der Waals surface area contributed by atoms with Gasteiger partial charge in [-0.15, -0.1) is 0 Å². The van der Waals surface area contributed by atoms with Crippen molar-refractivity contribution in [3.8, 4) is 0 Å². The van der Waals surface area contributed by atoms with Crippen LogP contribution in [0.2, 0.25) is 0 Å². The summed E-state index contributed by atoms with van der Waals surface area (Å²) < 4.78 is 37.9. The molecule has 0 aliphatic rings. The minimum atomic E-state index is -4.08. The number of alkyl halides is 3. The summed E-state index contributed by atoms with van der Waals surface area (Å²) >= 11 is 3.35. The van der Waals surface area contributed by atoms with Crippen LogP contribution >= 0.6 is 15.9 Å². The fourth-order valence-corrected chi connectivity index (χ4v) is 2.13. The van der Waals surface area contributed by atoms with Gasteiger partial charge in [-0.05, 0) is 43.5 Å². The van der Waals surface area contributed by atoms with Crippen LogP contribution in [0.3, 0.4) is 0 Å². The van der Waals surface area contributed by atoms with E-state index in [4.69, 9.17) is 0 Å². The normalized spacial score (nSPS) is 13.5. The Bertz CT molecular complexity index is 362. The van der Waals surface area contributed by atoms with Crippen molar-refractivity contribution in [2.45, 2.75) is 44.8 Å². The van der Waals surface area contributed by atoms with Gasteiger partial charge in [-0.25, -0.2) is 0 Å². The lowest BCUT2D eigenvalue weighted by atomic mass is 10.0. The predicted molar refractivity (Wildman–Crippen MR) is 75.2 cm³/mol. The van der Waals surface area contributed by atoms with Crippen molar-refractivity contribution in [3.05, 3.63) is 34.3 Å². The van der Waals surface area contributed by atoms with Gasteiger partial charge in [0.1, 0.15) is 0 Å². The average Bonchev–Trinajstić information content (AvgIpc) is 2.34. The molecule has 1 N–H and O–H groups in total. The van der Waals surface area contributed by atoms with Gasteiger partial charge in [0, 0.05) is 16.9 Å². The largest absolute Gasteiger partial charge is 0.389 e. The smallest absolute Gasteiger partial charge is 0.314 e. The zero-order chi connectivity index (χ0) is 14.3. The molecule has 1 aromatic carbocycles. The fourth-order valence-electron chi connectivity index (χ4n) is 1.87. The van der Waals surface area contributed by atoms with E-state index in [1.54, 1.807) is 0 Å². The fraction of sp³-hybridized carbons (Fsp3) is 0.571. The Labute approximate surface area is 120 Å². The predicted octanol–water partition coefficient (Wildman–Crippen LogP) is 4.70. The van der Waals surface area contributed by atoms with E-state index in [2.05, 4.69) is 21.2 Å². The lowest BCUT2D eigenvalue weighted by Crippen LogP contribution is -2.33. The summed E-state index contributed by atoms with van der Waals surface area (Å²) in [4.78, 5) is 0. The number of hydrogen-bond acceptors (Lipinski definition) is 1. The maximum Gasteiger partial charge on any atom is 0.389 e. The Morgan fingerprint density at radius 3 is 2.37 bits per heavy atom. The van der Waals surface area contributed by atoms with E-state index in [1.165, 1.54) is 0 Å². The monoisotopic (exact) mass is 337 g/mol. The van der Waals surface area contributed by atoms with Crippen LogP contribution < -0.4 is 5.32 Å². The molecule has 19 heavy (non-hydrogen) atoms. The van der Waals surface area contributed by atoms with Gasteiger partial charge >= 0.3 is 6.18 Å². The van der Waals surface area contributed by atoms with Gasteiger partial charge in [0.2, 0.25) is 0 Å². The molecule has 1 aromatic rings. The zero-order valence-electron chi connectivity index (χ0n) is 10.9. The third-order valence-corrected chi connectivity index (χ3v) is 3.38. The molecule has 5 heteroatoms. The molecular formula is C14H19BrF3N. The Kier molecular flexibility index (Phi) is 6.86. The van der Waals surface area contributed by atoms with E-state index in [0.717, 1.165) is 23.0 Å². The van der Waals surface area contributed by atoms with Crippen LogP contribution in [0.4, 0.5) is 13.2 Å². The van der Waals surface area contributed by atoms with Crippen molar-refractivity contribution in [2.75, 3.05) is 6.54 Å². The first-order chi connectivity index (χ1) is 8.90. The standard InChI is InChI=1S/C14H19BrF3N/c1-2-9-19-13(7-8-14(16,17)18)10-11-3-5-12(15)6-4-11/h3-6,13,19H,2,7-10H2,1H3. The molecule has 1 rings (SSSR count). The number of rotatable bonds is 7. The molecule has 0 saturated carbocycles. The second kappa shape index (κ2) is 7.90. The lowest BCUT2D eigenvalue weighted by molar-refractivity contribution is -0.136. The summed E-state index contributed by atoms with van der Waals surface area (Å²) in [6.07, 6.45) is -3.14. The Balaban J connectivity index is 2.55. The second-order valence-electron chi connectivity index (χ2n) is 4.64. The Morgan fingerprint density at radius 1 is 1.21 bits per heavy atom. The van der Waals surface area contributed by atoms with Crippen LogP contribution in [0, 0.1) is 0 Å². The molecule has 0 radical (unpaired) electrons. The molecule has 1 nitrogen and oxygen atoms in total. The maximum atomic E-state index is 12.3. The molecule has 0 amide bonds. The maximum absolute atomic E-state index is 12.3. The minimum Gasteiger partial charge on any atom is -0.314 e. The summed E-state index contributed by atoms with van der Waals surface area (Å²) in [5.74, 6) is 0. The van der Waals surface area contributed by atoms with Crippen molar-refractivity contribution in [1.29, 1.82) is 0 Å². The minimum absolute atomic E-state index is 0.122. The molecular weight excluding hydrogens is 319 g/mol. The number of benzene rings is 1. The highest BCUT2D eigenvalue weighted by molar-refractivity contribution is 9.10. The van der Waals surface area contributed by atoms with Crippen LogP contribution in [-0.4, -0.2) is 18.8 Å². The second-order valence-corrected chi connectivity index (χ2v) is 5.55. The summed E-state index contributed by atoms with van der Waals surface area (Å²) in [6.45, 7) is 2.76. The van der Waals surface area contributed by atoms with Crippen molar-refractivity contribution >= 4 is 15.9 Å². The van der Waals surface area contributed by atoms with E-state index >= 15 is 0 Å². The van der Waals surface area contributed by atoms with Gasteiger partial charge in [0.25, 0.3) is 0 Å². The first-order valence-electron chi connectivity index (χ1n) is 6.45. The third-order valence-electron chi connectivity index (χ3n) is 2.85. The van der Waals surface area contributed by atoms with Crippen LogP contribution in [0.5, 0.6) is 0 Å². The van der Waals surface area contributed by atoms with Crippen LogP contribution in [0.1, 0.15) is 31.7 Å².